The number of anilines is 1. The molecule has 6 nitrogen and oxygen atoms in total. The van der Waals surface area contributed by atoms with Crippen molar-refractivity contribution in [1.29, 1.82) is 0 Å². The van der Waals surface area contributed by atoms with E-state index in [4.69, 9.17) is 4.74 Å². The van der Waals surface area contributed by atoms with Crippen molar-refractivity contribution in [1.82, 2.24) is 9.78 Å². The number of carbonyl (C=O) groups is 1. The summed E-state index contributed by atoms with van der Waals surface area (Å²) < 4.78 is 45.4. The van der Waals surface area contributed by atoms with Gasteiger partial charge in [-0.15, -0.1) is 0 Å². The molecular weight excluding hydrogens is 327 g/mol. The van der Waals surface area contributed by atoms with Gasteiger partial charge in [-0.05, 0) is 18.2 Å². The minimum Gasteiger partial charge on any atom is -0.489 e. The van der Waals surface area contributed by atoms with E-state index in [1.807, 2.05) is 0 Å². The molecule has 2 heterocycles. The Morgan fingerprint density at radius 3 is 2.67 bits per heavy atom. The predicted octanol–water partition coefficient (Wildman–Crippen LogP) is 1.84. The number of rotatable bonds is 1. The van der Waals surface area contributed by atoms with Crippen LogP contribution < -0.4 is 15.2 Å². The molecule has 0 saturated heterocycles. The lowest BCUT2D eigenvalue weighted by molar-refractivity contribution is -0.139. The summed E-state index contributed by atoms with van der Waals surface area (Å²) >= 11 is 0. The summed E-state index contributed by atoms with van der Waals surface area (Å²) in [6, 6.07) is 5.91. The topological polar surface area (TPSA) is 64.4 Å². The minimum atomic E-state index is -4.59. The first-order valence-corrected chi connectivity index (χ1v) is 6.98. The van der Waals surface area contributed by atoms with Crippen molar-refractivity contribution in [2.75, 3.05) is 18.1 Å². The molecule has 24 heavy (non-hydrogen) atoms. The molecule has 0 radical (unpaired) electrons. The number of nitrogens with zero attached hydrogens (tertiary/aromatic N) is 3. The zero-order valence-electron chi connectivity index (χ0n) is 12.5. The summed E-state index contributed by atoms with van der Waals surface area (Å²) in [5.74, 6) is -0.983. The first-order valence-electron chi connectivity index (χ1n) is 6.98. The molecule has 0 fully saturated rings. The van der Waals surface area contributed by atoms with Gasteiger partial charge in [-0.2, -0.15) is 18.3 Å². The van der Waals surface area contributed by atoms with Crippen molar-refractivity contribution >= 4 is 11.6 Å². The molecule has 0 N–H and O–H groups in total. The summed E-state index contributed by atoms with van der Waals surface area (Å²) in [6.07, 6.45) is -4.59. The highest BCUT2D eigenvalue weighted by Crippen LogP contribution is 2.43. The lowest BCUT2D eigenvalue weighted by atomic mass is 10.1. The predicted molar refractivity (Wildman–Crippen MR) is 78.1 cm³/mol. The third kappa shape index (κ3) is 2.72. The third-order valence-corrected chi connectivity index (χ3v) is 3.58. The number of halogens is 3. The van der Waals surface area contributed by atoms with Crippen LogP contribution in [0.15, 0.2) is 35.1 Å². The average Bonchev–Trinajstić information content (AvgIpc) is 2.54. The van der Waals surface area contributed by atoms with E-state index >= 15 is 0 Å². The lowest BCUT2D eigenvalue weighted by Gasteiger charge is -2.30. The molecule has 1 aromatic heterocycles. The van der Waals surface area contributed by atoms with Crippen LogP contribution in [0.2, 0.25) is 0 Å². The fraction of sp³-hybridized carbons (Fsp3) is 0.267. The highest BCUT2D eigenvalue weighted by Gasteiger charge is 2.38. The van der Waals surface area contributed by atoms with Gasteiger partial charge in [0, 0.05) is 13.1 Å². The number of para-hydroxylation sites is 1. The number of carbonyl (C=O) groups excluding carboxylic acids is 1. The van der Waals surface area contributed by atoms with Crippen molar-refractivity contribution in [3.05, 3.63) is 51.9 Å². The Balaban J connectivity index is 2.05. The van der Waals surface area contributed by atoms with E-state index in [0.717, 1.165) is 10.7 Å². The molecular formula is C15H12F3N3O3. The van der Waals surface area contributed by atoms with E-state index in [9.17, 15) is 22.8 Å². The first-order chi connectivity index (χ1) is 11.3. The Hall–Kier alpha value is -2.84. The van der Waals surface area contributed by atoms with Crippen LogP contribution in [0.25, 0.3) is 0 Å². The number of hydrogen-bond acceptors (Lipinski definition) is 4. The van der Waals surface area contributed by atoms with E-state index in [1.165, 1.54) is 36.2 Å². The zero-order chi connectivity index (χ0) is 17.5. The number of fused-ring (bicyclic) bond motifs is 1. The molecule has 1 amide bonds. The highest BCUT2D eigenvalue weighted by molar-refractivity contribution is 6.05. The van der Waals surface area contributed by atoms with Gasteiger partial charge in [-0.25, -0.2) is 4.68 Å². The molecule has 1 aromatic carbocycles. The third-order valence-electron chi connectivity index (χ3n) is 3.58. The van der Waals surface area contributed by atoms with Gasteiger partial charge in [-0.1, -0.05) is 6.07 Å². The maximum atomic E-state index is 13.1. The number of benzene rings is 1. The van der Waals surface area contributed by atoms with Crippen LogP contribution in [0.5, 0.6) is 5.75 Å². The van der Waals surface area contributed by atoms with Crippen molar-refractivity contribution in [3.8, 4) is 5.75 Å². The monoisotopic (exact) mass is 339 g/mol. The summed E-state index contributed by atoms with van der Waals surface area (Å²) in [7, 11) is 1.38. The first kappa shape index (κ1) is 16.0. The number of hydrogen-bond donors (Lipinski definition) is 0. The standard InChI is InChI=1S/C15H12F3N3O3/c1-20-12(22)6-5-10(19-20)14(23)21-7-8-24-13-9(15(16,17)18)3-2-4-11(13)21/h2-6H,7-8H2,1H3. The Morgan fingerprint density at radius 2 is 2.00 bits per heavy atom. The zero-order valence-corrected chi connectivity index (χ0v) is 12.5. The van der Waals surface area contributed by atoms with Gasteiger partial charge in [-0.3, -0.25) is 9.59 Å². The smallest absolute Gasteiger partial charge is 0.420 e. The van der Waals surface area contributed by atoms with E-state index in [1.54, 1.807) is 0 Å². The summed E-state index contributed by atoms with van der Waals surface area (Å²) in [6.45, 7) is 0.00919. The van der Waals surface area contributed by atoms with Gasteiger partial charge in [0.1, 0.15) is 12.3 Å². The van der Waals surface area contributed by atoms with Gasteiger partial charge >= 0.3 is 6.18 Å². The number of aromatic nitrogens is 2. The van der Waals surface area contributed by atoms with Gasteiger partial charge in [0.25, 0.3) is 11.5 Å². The number of ether oxygens (including phenoxy) is 1. The second-order valence-electron chi connectivity index (χ2n) is 5.14. The van der Waals surface area contributed by atoms with E-state index in [-0.39, 0.29) is 30.3 Å². The molecule has 0 bridgehead atoms. The average molecular weight is 339 g/mol. The van der Waals surface area contributed by atoms with Gasteiger partial charge in [0.2, 0.25) is 0 Å². The molecule has 1 aliphatic rings. The van der Waals surface area contributed by atoms with Crippen molar-refractivity contribution < 1.29 is 22.7 Å². The normalized spacial score (nSPS) is 14.1. The van der Waals surface area contributed by atoms with Crippen molar-refractivity contribution in [3.63, 3.8) is 0 Å². The molecule has 0 saturated carbocycles. The molecule has 0 unspecified atom stereocenters. The Bertz CT molecular complexity index is 861. The Kier molecular flexibility index (Phi) is 3.78. The largest absolute Gasteiger partial charge is 0.489 e. The van der Waals surface area contributed by atoms with E-state index in [2.05, 4.69) is 5.10 Å². The number of amides is 1. The molecule has 9 heteroatoms. The van der Waals surface area contributed by atoms with Crippen LogP contribution in [0.3, 0.4) is 0 Å². The van der Waals surface area contributed by atoms with Crippen molar-refractivity contribution in [2.24, 2.45) is 7.05 Å². The second-order valence-corrected chi connectivity index (χ2v) is 5.14. The minimum absolute atomic E-state index is 0.0247. The maximum absolute atomic E-state index is 13.1. The summed E-state index contributed by atoms with van der Waals surface area (Å²) in [4.78, 5) is 25.1. The molecule has 2 aromatic rings. The SMILES string of the molecule is Cn1nc(C(=O)N2CCOc3c2cccc3C(F)(F)F)ccc1=O. The molecule has 0 atom stereocenters. The summed E-state index contributed by atoms with van der Waals surface area (Å²) in [5.41, 5.74) is -1.35. The van der Waals surface area contributed by atoms with E-state index in [0.29, 0.717) is 0 Å². The number of aryl methyl sites for hydroxylation is 1. The fourth-order valence-electron chi connectivity index (χ4n) is 2.44. The maximum Gasteiger partial charge on any atom is 0.420 e. The Labute approximate surface area is 134 Å². The van der Waals surface area contributed by atoms with Gasteiger partial charge in [0.15, 0.2) is 5.75 Å². The fourth-order valence-corrected chi connectivity index (χ4v) is 2.44. The van der Waals surface area contributed by atoms with Crippen LogP contribution >= 0.6 is 0 Å². The highest BCUT2D eigenvalue weighted by atomic mass is 19.4. The molecule has 126 valence electrons. The van der Waals surface area contributed by atoms with Gasteiger partial charge in [0.05, 0.1) is 17.8 Å². The van der Waals surface area contributed by atoms with Crippen LogP contribution in [0, 0.1) is 0 Å². The van der Waals surface area contributed by atoms with Crippen LogP contribution in [-0.4, -0.2) is 28.8 Å². The van der Waals surface area contributed by atoms with Crippen LogP contribution in [0.1, 0.15) is 16.1 Å². The van der Waals surface area contributed by atoms with Crippen molar-refractivity contribution in [2.45, 2.75) is 6.18 Å². The molecule has 0 spiro atoms. The van der Waals surface area contributed by atoms with Crippen LogP contribution in [-0.2, 0) is 13.2 Å². The summed E-state index contributed by atoms with van der Waals surface area (Å²) in [5, 5.41) is 3.84. The second kappa shape index (κ2) is 5.66. The van der Waals surface area contributed by atoms with Crippen LogP contribution in [0.4, 0.5) is 18.9 Å². The Morgan fingerprint density at radius 1 is 1.25 bits per heavy atom. The van der Waals surface area contributed by atoms with Gasteiger partial charge < -0.3 is 9.64 Å². The quantitative estimate of drug-likeness (QED) is 0.795. The molecule has 1 aliphatic heterocycles. The molecule has 3 rings (SSSR count). The molecule has 0 aliphatic carbocycles. The van der Waals surface area contributed by atoms with E-state index < -0.39 is 23.2 Å². The number of alkyl halides is 3. The lowest BCUT2D eigenvalue weighted by Crippen LogP contribution is -2.39.